The van der Waals surface area contributed by atoms with Crippen LogP contribution in [0.3, 0.4) is 0 Å². The van der Waals surface area contributed by atoms with Crippen molar-refractivity contribution in [2.24, 2.45) is 0 Å². The van der Waals surface area contributed by atoms with Crippen LogP contribution in [-0.4, -0.2) is 19.3 Å². The predicted octanol–water partition coefficient (Wildman–Crippen LogP) is 6.18. The molecule has 5 rings (SSSR count). The average molecular weight is 475 g/mol. The molecular weight excluding hydrogens is 459 g/mol. The number of benzene rings is 3. The molecule has 0 aliphatic carbocycles. The van der Waals surface area contributed by atoms with Gasteiger partial charge in [0.05, 0.1) is 18.2 Å². The Kier molecular flexibility index (Phi) is 5.69. The highest BCUT2D eigenvalue weighted by Crippen LogP contribution is 2.31. The van der Waals surface area contributed by atoms with Crippen LogP contribution >= 0.6 is 23.2 Å². The maximum absolute atomic E-state index is 13.4. The molecule has 0 aliphatic rings. The van der Waals surface area contributed by atoms with E-state index in [0.29, 0.717) is 27.2 Å². The van der Waals surface area contributed by atoms with Crippen LogP contribution in [0.4, 0.5) is 0 Å². The molecule has 0 saturated heterocycles. The Labute approximate surface area is 199 Å². The van der Waals surface area contributed by atoms with Gasteiger partial charge in [-0.2, -0.15) is 9.78 Å². The van der Waals surface area contributed by atoms with Crippen molar-refractivity contribution in [2.75, 3.05) is 0 Å². The van der Waals surface area contributed by atoms with E-state index in [1.165, 1.54) is 4.68 Å². The summed E-state index contributed by atoms with van der Waals surface area (Å²) in [5, 5.41) is 5.54. The van der Waals surface area contributed by atoms with Crippen molar-refractivity contribution in [1.29, 1.82) is 0 Å². The molecule has 2 aromatic heterocycles. The van der Waals surface area contributed by atoms with Gasteiger partial charge in [-0.15, -0.1) is 0 Å². The van der Waals surface area contributed by atoms with E-state index in [0.717, 1.165) is 11.1 Å². The first kappa shape index (κ1) is 21.0. The van der Waals surface area contributed by atoms with E-state index < -0.39 is 5.56 Å². The van der Waals surface area contributed by atoms with Crippen LogP contribution in [-0.2, 0) is 0 Å². The maximum Gasteiger partial charge on any atom is 0.316 e. The van der Waals surface area contributed by atoms with Gasteiger partial charge in [0.15, 0.2) is 0 Å². The molecule has 0 fully saturated rings. The SMILES string of the molecule is O=c1c(Oc2ccc(-c3ccccc3Cl)cc2)c(-n2ccnc2)cnn1-c1ccc(Cl)cc1. The zero-order valence-corrected chi connectivity index (χ0v) is 18.6. The molecule has 0 N–H and O–H groups in total. The lowest BCUT2D eigenvalue weighted by atomic mass is 10.1. The molecule has 2 heterocycles. The van der Waals surface area contributed by atoms with Gasteiger partial charge in [0.25, 0.3) is 0 Å². The van der Waals surface area contributed by atoms with E-state index in [2.05, 4.69) is 10.1 Å². The molecule has 0 unspecified atom stereocenters. The third-order valence-electron chi connectivity index (χ3n) is 5.03. The van der Waals surface area contributed by atoms with E-state index in [1.807, 2.05) is 36.4 Å². The van der Waals surface area contributed by atoms with Crippen LogP contribution in [0.25, 0.3) is 22.5 Å². The minimum absolute atomic E-state index is 0.114. The van der Waals surface area contributed by atoms with Gasteiger partial charge in [0.2, 0.25) is 5.75 Å². The fraction of sp³-hybridized carbons (Fsp3) is 0. The molecule has 0 saturated carbocycles. The summed E-state index contributed by atoms with van der Waals surface area (Å²) in [6.45, 7) is 0. The van der Waals surface area contributed by atoms with Gasteiger partial charge in [0.1, 0.15) is 11.4 Å². The van der Waals surface area contributed by atoms with E-state index in [9.17, 15) is 4.79 Å². The number of rotatable bonds is 5. The molecule has 6 nitrogen and oxygen atoms in total. The summed E-state index contributed by atoms with van der Waals surface area (Å²) < 4.78 is 9.03. The van der Waals surface area contributed by atoms with Gasteiger partial charge in [-0.1, -0.05) is 53.5 Å². The van der Waals surface area contributed by atoms with Crippen LogP contribution in [0, 0.1) is 0 Å². The fourth-order valence-electron chi connectivity index (χ4n) is 3.39. The third-order valence-corrected chi connectivity index (χ3v) is 5.61. The number of imidazole rings is 1. The lowest BCUT2D eigenvalue weighted by Gasteiger charge is -2.14. The first-order chi connectivity index (χ1) is 16.1. The first-order valence-corrected chi connectivity index (χ1v) is 10.8. The minimum atomic E-state index is -0.418. The van der Waals surface area contributed by atoms with E-state index >= 15 is 0 Å². The zero-order chi connectivity index (χ0) is 22.8. The standard InChI is InChI=1S/C25H16Cl2N4O2/c26-18-7-9-19(10-8-18)31-25(32)24(23(15-29-31)30-14-13-28-16-30)33-20-11-5-17(6-12-20)21-3-1-2-4-22(21)27/h1-16H. The minimum Gasteiger partial charge on any atom is -0.449 e. The normalized spacial score (nSPS) is 10.8. The molecule has 3 aromatic carbocycles. The van der Waals surface area contributed by atoms with Crippen LogP contribution in [0.5, 0.6) is 11.5 Å². The summed E-state index contributed by atoms with van der Waals surface area (Å²) in [5.74, 6) is 0.613. The smallest absolute Gasteiger partial charge is 0.316 e. The molecular formula is C25H16Cl2N4O2. The maximum atomic E-state index is 13.4. The van der Waals surface area contributed by atoms with Gasteiger partial charge >= 0.3 is 5.56 Å². The number of hydrogen-bond acceptors (Lipinski definition) is 4. The Bertz CT molecular complexity index is 1460. The van der Waals surface area contributed by atoms with Crippen LogP contribution in [0.2, 0.25) is 10.0 Å². The summed E-state index contributed by atoms with van der Waals surface area (Å²) >= 11 is 12.3. The Morgan fingerprint density at radius 3 is 2.33 bits per heavy atom. The zero-order valence-electron chi connectivity index (χ0n) is 17.1. The number of ether oxygens (including phenoxy) is 1. The summed E-state index contributed by atoms with van der Waals surface area (Å²) in [6.07, 6.45) is 6.48. The van der Waals surface area contributed by atoms with Crippen LogP contribution in [0.1, 0.15) is 0 Å². The van der Waals surface area contributed by atoms with Crippen LogP contribution in [0.15, 0.2) is 103 Å². The van der Waals surface area contributed by atoms with E-state index in [4.69, 9.17) is 27.9 Å². The van der Waals surface area contributed by atoms with Crippen molar-refractivity contribution in [1.82, 2.24) is 19.3 Å². The molecule has 0 amide bonds. The van der Waals surface area contributed by atoms with Crippen molar-refractivity contribution in [3.8, 4) is 34.0 Å². The largest absolute Gasteiger partial charge is 0.449 e. The molecule has 0 aliphatic heterocycles. The molecule has 33 heavy (non-hydrogen) atoms. The molecule has 0 spiro atoms. The summed E-state index contributed by atoms with van der Waals surface area (Å²) in [4.78, 5) is 17.5. The van der Waals surface area contributed by atoms with Gasteiger partial charge in [-0.3, -0.25) is 4.79 Å². The number of nitrogens with zero attached hydrogens (tertiary/aromatic N) is 4. The summed E-state index contributed by atoms with van der Waals surface area (Å²) in [6, 6.07) is 21.8. The fourth-order valence-corrected chi connectivity index (χ4v) is 3.76. The third kappa shape index (κ3) is 4.26. The Morgan fingerprint density at radius 1 is 0.879 bits per heavy atom. The second kappa shape index (κ2) is 8.94. The van der Waals surface area contributed by atoms with Crippen molar-refractivity contribution < 1.29 is 4.74 Å². The predicted molar refractivity (Wildman–Crippen MR) is 129 cm³/mol. The van der Waals surface area contributed by atoms with E-state index in [1.54, 1.807) is 65.9 Å². The quantitative estimate of drug-likeness (QED) is 0.304. The Balaban J connectivity index is 1.56. The van der Waals surface area contributed by atoms with Gasteiger partial charge in [0, 0.05) is 28.0 Å². The first-order valence-electron chi connectivity index (χ1n) is 9.99. The molecule has 162 valence electrons. The molecule has 0 radical (unpaired) electrons. The van der Waals surface area contributed by atoms with Crippen molar-refractivity contribution in [3.63, 3.8) is 0 Å². The molecule has 0 atom stereocenters. The second-order valence-electron chi connectivity index (χ2n) is 7.13. The lowest BCUT2D eigenvalue weighted by Crippen LogP contribution is -2.23. The van der Waals surface area contributed by atoms with Crippen molar-refractivity contribution in [2.45, 2.75) is 0 Å². The van der Waals surface area contributed by atoms with Crippen LogP contribution < -0.4 is 10.3 Å². The van der Waals surface area contributed by atoms with Gasteiger partial charge in [-0.25, -0.2) is 4.98 Å². The Hall–Kier alpha value is -3.87. The van der Waals surface area contributed by atoms with E-state index in [-0.39, 0.29) is 5.75 Å². The molecule has 0 bridgehead atoms. The van der Waals surface area contributed by atoms with Gasteiger partial charge in [-0.05, 0) is 48.0 Å². The average Bonchev–Trinajstić information content (AvgIpc) is 3.37. The number of hydrogen-bond donors (Lipinski definition) is 0. The number of halogens is 2. The second-order valence-corrected chi connectivity index (χ2v) is 7.97. The topological polar surface area (TPSA) is 61.9 Å². The summed E-state index contributed by atoms with van der Waals surface area (Å²) in [5.41, 5.74) is 2.48. The lowest BCUT2D eigenvalue weighted by molar-refractivity contribution is 0.464. The molecule has 8 heteroatoms. The highest BCUT2D eigenvalue weighted by atomic mass is 35.5. The monoisotopic (exact) mass is 474 g/mol. The number of aromatic nitrogens is 4. The Morgan fingerprint density at radius 2 is 1.64 bits per heavy atom. The highest BCUT2D eigenvalue weighted by Gasteiger charge is 2.17. The van der Waals surface area contributed by atoms with Crippen molar-refractivity contribution >= 4 is 23.2 Å². The highest BCUT2D eigenvalue weighted by molar-refractivity contribution is 6.33. The van der Waals surface area contributed by atoms with Crippen molar-refractivity contribution in [3.05, 3.63) is 118 Å². The van der Waals surface area contributed by atoms with Gasteiger partial charge < -0.3 is 9.30 Å². The molecule has 5 aromatic rings. The summed E-state index contributed by atoms with van der Waals surface area (Å²) in [7, 11) is 0.